The van der Waals surface area contributed by atoms with Gasteiger partial charge in [-0.2, -0.15) is 12.7 Å². The molecule has 0 aliphatic rings. The normalized spacial score (nSPS) is 11.9. The van der Waals surface area contributed by atoms with Crippen LogP contribution in [-0.4, -0.2) is 36.9 Å². The number of benzene rings is 1. The molecule has 0 fully saturated rings. The summed E-state index contributed by atoms with van der Waals surface area (Å²) in [7, 11) is -2.41. The molecule has 1 aromatic rings. The smallest absolute Gasteiger partial charge is 0.337 e. The van der Waals surface area contributed by atoms with Gasteiger partial charge in [-0.25, -0.2) is 4.79 Å². The first-order valence-electron chi connectivity index (χ1n) is 5.54. The molecule has 20 heavy (non-hydrogen) atoms. The molecule has 0 spiro atoms. The number of nitrogens with zero attached hydrogens (tertiary/aromatic N) is 1. The summed E-state index contributed by atoms with van der Waals surface area (Å²) in [5, 5.41) is 9.17. The summed E-state index contributed by atoms with van der Waals surface area (Å²) >= 11 is 6.33. The van der Waals surface area contributed by atoms with Crippen LogP contribution in [0.15, 0.2) is 21.1 Å². The summed E-state index contributed by atoms with van der Waals surface area (Å²) in [6.45, 7) is 3.43. The Morgan fingerprint density at radius 2 is 1.90 bits per heavy atom. The van der Waals surface area contributed by atoms with Crippen LogP contribution in [0.1, 0.15) is 24.2 Å². The van der Waals surface area contributed by atoms with Crippen LogP contribution in [0.4, 0.5) is 5.69 Å². The molecule has 112 valence electrons. The van der Waals surface area contributed by atoms with Gasteiger partial charge in [0.25, 0.3) is 0 Å². The van der Waals surface area contributed by atoms with E-state index < -0.39 is 16.2 Å². The molecule has 0 aliphatic carbocycles. The van der Waals surface area contributed by atoms with E-state index in [0.29, 0.717) is 8.95 Å². The fourth-order valence-corrected chi connectivity index (χ4v) is 3.96. The van der Waals surface area contributed by atoms with Crippen molar-refractivity contribution < 1.29 is 18.3 Å². The molecule has 0 saturated carbocycles. The zero-order valence-corrected chi connectivity index (χ0v) is 15.0. The van der Waals surface area contributed by atoms with Gasteiger partial charge in [-0.3, -0.25) is 4.72 Å². The maximum atomic E-state index is 12.1. The van der Waals surface area contributed by atoms with Gasteiger partial charge in [-0.05, 0) is 41.9 Å². The highest BCUT2D eigenvalue weighted by Crippen LogP contribution is 2.32. The fraction of sp³-hybridized carbons (Fsp3) is 0.364. The van der Waals surface area contributed by atoms with Crippen molar-refractivity contribution in [1.82, 2.24) is 4.31 Å². The second-order valence-corrected chi connectivity index (χ2v) is 7.83. The third kappa shape index (κ3) is 3.94. The summed E-state index contributed by atoms with van der Waals surface area (Å²) in [6, 6.07) is 2.65. The highest BCUT2D eigenvalue weighted by molar-refractivity contribution is 9.11. The lowest BCUT2D eigenvalue weighted by atomic mass is 10.2. The van der Waals surface area contributed by atoms with Crippen LogP contribution in [0.2, 0.25) is 0 Å². The minimum absolute atomic E-state index is 0.00630. The molecule has 1 rings (SSSR count). The molecular weight excluding hydrogens is 416 g/mol. The topological polar surface area (TPSA) is 86.7 Å². The van der Waals surface area contributed by atoms with Gasteiger partial charge in [0.05, 0.1) is 11.3 Å². The van der Waals surface area contributed by atoms with Crippen LogP contribution in [0.25, 0.3) is 0 Å². The number of rotatable bonds is 5. The first kappa shape index (κ1) is 17.4. The molecule has 0 saturated heterocycles. The number of aromatic carboxylic acids is 1. The van der Waals surface area contributed by atoms with Crippen LogP contribution in [-0.2, 0) is 10.2 Å². The molecule has 0 aliphatic heterocycles. The average Bonchev–Trinajstić information content (AvgIpc) is 2.30. The predicted molar refractivity (Wildman–Crippen MR) is 84.2 cm³/mol. The second kappa shape index (κ2) is 6.42. The van der Waals surface area contributed by atoms with E-state index >= 15 is 0 Å². The van der Waals surface area contributed by atoms with E-state index in [9.17, 15) is 13.2 Å². The highest BCUT2D eigenvalue weighted by atomic mass is 79.9. The Kier molecular flexibility index (Phi) is 5.59. The average molecular weight is 430 g/mol. The van der Waals surface area contributed by atoms with Crippen molar-refractivity contribution >= 4 is 53.7 Å². The van der Waals surface area contributed by atoms with Crippen LogP contribution < -0.4 is 4.72 Å². The van der Waals surface area contributed by atoms with Gasteiger partial charge < -0.3 is 5.11 Å². The van der Waals surface area contributed by atoms with E-state index in [2.05, 4.69) is 36.6 Å². The molecule has 0 radical (unpaired) electrons. The number of carbonyl (C=O) groups is 1. The Bertz CT molecular complexity index is 632. The highest BCUT2D eigenvalue weighted by Gasteiger charge is 2.24. The fourth-order valence-electron chi connectivity index (χ4n) is 1.32. The monoisotopic (exact) mass is 428 g/mol. The zero-order chi connectivity index (χ0) is 15.7. The molecule has 9 heteroatoms. The maximum Gasteiger partial charge on any atom is 0.337 e. The largest absolute Gasteiger partial charge is 0.478 e. The molecule has 2 N–H and O–H groups in total. The first-order valence-corrected chi connectivity index (χ1v) is 8.57. The molecule has 1 aromatic carbocycles. The predicted octanol–water partition coefficient (Wildman–Crippen LogP) is 2.91. The number of hydrogen-bond donors (Lipinski definition) is 2. The molecule has 0 bridgehead atoms. The lowest BCUT2D eigenvalue weighted by Crippen LogP contribution is -2.37. The number of halogens is 2. The Morgan fingerprint density at radius 3 is 2.35 bits per heavy atom. The van der Waals surface area contributed by atoms with E-state index in [1.807, 2.05) is 0 Å². The molecule has 0 heterocycles. The number of carboxylic acids is 1. The van der Waals surface area contributed by atoms with Crippen molar-refractivity contribution in [3.63, 3.8) is 0 Å². The van der Waals surface area contributed by atoms with E-state index in [4.69, 9.17) is 5.11 Å². The molecule has 0 unspecified atom stereocenters. The quantitative estimate of drug-likeness (QED) is 0.753. The minimum atomic E-state index is -3.83. The Hall–Kier alpha value is -0.640. The SMILES string of the molecule is CC(C)N(C)S(=O)(=O)Nc1c(Br)cc(Br)cc1C(=O)O. The molecule has 0 atom stereocenters. The van der Waals surface area contributed by atoms with Gasteiger partial charge in [0.15, 0.2) is 0 Å². The van der Waals surface area contributed by atoms with Crippen LogP contribution in [0, 0.1) is 0 Å². The minimum Gasteiger partial charge on any atom is -0.478 e. The number of nitrogens with one attached hydrogen (secondary N) is 1. The Balaban J connectivity index is 3.32. The van der Waals surface area contributed by atoms with Crippen LogP contribution >= 0.6 is 31.9 Å². The molecule has 6 nitrogen and oxygen atoms in total. The molecule has 0 amide bonds. The van der Waals surface area contributed by atoms with E-state index in [0.717, 1.165) is 4.31 Å². The molecule has 0 aromatic heterocycles. The molecular formula is C11H14Br2N2O4S. The number of carboxylic acid groups (broad SMARTS) is 1. The van der Waals surface area contributed by atoms with Crippen molar-refractivity contribution in [3.05, 3.63) is 26.6 Å². The maximum absolute atomic E-state index is 12.1. The van der Waals surface area contributed by atoms with Crippen molar-refractivity contribution in [2.75, 3.05) is 11.8 Å². The lowest BCUT2D eigenvalue weighted by Gasteiger charge is -2.22. The summed E-state index contributed by atoms with van der Waals surface area (Å²) < 4.78 is 28.6. The lowest BCUT2D eigenvalue weighted by molar-refractivity contribution is 0.0698. The third-order valence-electron chi connectivity index (χ3n) is 2.62. The zero-order valence-electron chi connectivity index (χ0n) is 11.0. The summed E-state index contributed by atoms with van der Waals surface area (Å²) in [6.07, 6.45) is 0. The Morgan fingerprint density at radius 1 is 1.35 bits per heavy atom. The van der Waals surface area contributed by atoms with Gasteiger partial charge in [0, 0.05) is 22.0 Å². The van der Waals surface area contributed by atoms with Crippen molar-refractivity contribution in [2.45, 2.75) is 19.9 Å². The van der Waals surface area contributed by atoms with Crippen molar-refractivity contribution in [2.24, 2.45) is 0 Å². The Labute approximate surface area is 134 Å². The third-order valence-corrected chi connectivity index (χ3v) is 5.35. The number of hydrogen-bond acceptors (Lipinski definition) is 3. The second-order valence-electron chi connectivity index (χ2n) is 4.33. The van der Waals surface area contributed by atoms with Crippen LogP contribution in [0.5, 0.6) is 0 Å². The van der Waals surface area contributed by atoms with Gasteiger partial charge in [-0.1, -0.05) is 15.9 Å². The van der Waals surface area contributed by atoms with Crippen molar-refractivity contribution in [1.29, 1.82) is 0 Å². The summed E-state index contributed by atoms with van der Waals surface area (Å²) in [5.41, 5.74) is -0.153. The van der Waals surface area contributed by atoms with Crippen molar-refractivity contribution in [3.8, 4) is 0 Å². The van der Waals surface area contributed by atoms with Gasteiger partial charge in [0.2, 0.25) is 0 Å². The standard InChI is InChI=1S/C11H14Br2N2O4S/c1-6(2)15(3)20(18,19)14-10-8(11(16)17)4-7(12)5-9(10)13/h4-6,14H,1-3H3,(H,16,17). The van der Waals surface area contributed by atoms with Gasteiger partial charge in [0.1, 0.15) is 0 Å². The van der Waals surface area contributed by atoms with E-state index in [1.165, 1.54) is 13.1 Å². The van der Waals surface area contributed by atoms with E-state index in [-0.39, 0.29) is 17.3 Å². The van der Waals surface area contributed by atoms with Gasteiger partial charge in [-0.15, -0.1) is 0 Å². The van der Waals surface area contributed by atoms with Gasteiger partial charge >= 0.3 is 16.2 Å². The number of anilines is 1. The van der Waals surface area contributed by atoms with Crippen LogP contribution in [0.3, 0.4) is 0 Å². The first-order chi connectivity index (χ1) is 9.06. The summed E-state index contributed by atoms with van der Waals surface area (Å²) in [4.78, 5) is 11.2. The van der Waals surface area contributed by atoms with E-state index in [1.54, 1.807) is 19.9 Å². The summed E-state index contributed by atoms with van der Waals surface area (Å²) in [5.74, 6) is -1.23.